The van der Waals surface area contributed by atoms with Crippen LogP contribution in [0.1, 0.15) is 36.6 Å². The molecule has 11 heteroatoms. The lowest BCUT2D eigenvalue weighted by molar-refractivity contribution is -0.292. The van der Waals surface area contributed by atoms with Crippen LogP contribution in [0.5, 0.6) is 0 Å². The van der Waals surface area contributed by atoms with Crippen molar-refractivity contribution in [3.8, 4) is 0 Å². The number of aliphatic hydroxyl groups is 1. The third kappa shape index (κ3) is 3.85. The molecule has 1 unspecified atom stereocenters. The van der Waals surface area contributed by atoms with Crippen molar-refractivity contribution in [2.75, 3.05) is 0 Å². The quantitative estimate of drug-likeness (QED) is 0.660. The lowest BCUT2D eigenvalue weighted by Crippen LogP contribution is -2.37. The molecule has 0 saturated heterocycles. The first-order valence-corrected chi connectivity index (χ1v) is 6.66. The largest absolute Gasteiger partial charge is 0.458 e. The summed E-state index contributed by atoms with van der Waals surface area (Å²) in [7, 11) is 0. The van der Waals surface area contributed by atoms with Crippen LogP contribution in [-0.2, 0) is 11.8 Å². The van der Waals surface area contributed by atoms with Crippen LogP contribution >= 0.6 is 0 Å². The molecule has 0 fully saturated rings. The summed E-state index contributed by atoms with van der Waals surface area (Å²) in [5, 5.41) is 9.75. The average molecular weight is 386 g/mol. The van der Waals surface area contributed by atoms with Crippen LogP contribution < -0.4 is 0 Å². The average Bonchev–Trinajstić information content (AvgIpc) is 2.43. The zero-order chi connectivity index (χ0) is 20.0. The molecular weight excluding hydrogens is 374 g/mol. The summed E-state index contributed by atoms with van der Waals surface area (Å²) in [6, 6.07) is -0.291. The maximum Gasteiger partial charge on any atom is 0.458 e. The molecule has 0 aliphatic carbocycles. The molecule has 1 nitrogen and oxygen atoms in total. The smallest absolute Gasteiger partial charge is 0.388 e. The molecule has 0 saturated carbocycles. The summed E-state index contributed by atoms with van der Waals surface area (Å²) in [6.07, 6.45) is -14.4. The lowest BCUT2D eigenvalue weighted by Gasteiger charge is -2.28. The Morgan fingerprint density at radius 3 is 1.56 bits per heavy atom. The first-order chi connectivity index (χ1) is 10.9. The summed E-state index contributed by atoms with van der Waals surface area (Å²) in [5.41, 5.74) is -5.32. The van der Waals surface area contributed by atoms with Gasteiger partial charge in [0.25, 0.3) is 0 Å². The summed E-state index contributed by atoms with van der Waals surface area (Å²) >= 11 is 0. The van der Waals surface area contributed by atoms with Crippen LogP contribution in [0, 0.1) is 5.92 Å². The second kappa shape index (κ2) is 6.33. The van der Waals surface area contributed by atoms with E-state index in [0.29, 0.717) is 0 Å². The highest BCUT2D eigenvalue weighted by Crippen LogP contribution is 2.50. The summed E-state index contributed by atoms with van der Waals surface area (Å²) in [6.45, 7) is 2.47. The molecule has 0 heterocycles. The van der Waals surface area contributed by atoms with Gasteiger partial charge in [-0.1, -0.05) is 26.0 Å². The Morgan fingerprint density at radius 1 is 0.760 bits per heavy atom. The molecule has 0 amide bonds. The Labute approximate surface area is 135 Å². The first kappa shape index (κ1) is 21.5. The van der Waals surface area contributed by atoms with E-state index in [-0.39, 0.29) is 12.1 Å². The molecule has 1 atom stereocenters. The van der Waals surface area contributed by atoms with Gasteiger partial charge in [0.1, 0.15) is 0 Å². The van der Waals surface area contributed by atoms with Gasteiger partial charge in [0.05, 0.1) is 6.10 Å². The molecule has 0 aliphatic rings. The third-order valence-electron chi connectivity index (χ3n) is 3.42. The van der Waals surface area contributed by atoms with Crippen molar-refractivity contribution in [3.05, 3.63) is 34.9 Å². The highest BCUT2D eigenvalue weighted by molar-refractivity contribution is 5.40. The van der Waals surface area contributed by atoms with Gasteiger partial charge in [0.2, 0.25) is 0 Å². The molecule has 1 N–H and O–H groups in total. The van der Waals surface area contributed by atoms with E-state index in [1.54, 1.807) is 0 Å². The van der Waals surface area contributed by atoms with Crippen LogP contribution in [0.4, 0.5) is 43.9 Å². The first-order valence-electron chi connectivity index (χ1n) is 6.66. The molecule has 1 aromatic rings. The number of hydrogen-bond acceptors (Lipinski definition) is 1. The highest BCUT2D eigenvalue weighted by atomic mass is 19.4. The number of alkyl halides is 10. The molecule has 0 spiro atoms. The molecule has 0 aromatic heterocycles. The van der Waals surface area contributed by atoms with E-state index >= 15 is 0 Å². The molecule has 25 heavy (non-hydrogen) atoms. The summed E-state index contributed by atoms with van der Waals surface area (Å²) < 4.78 is 129. The van der Waals surface area contributed by atoms with Gasteiger partial charge in [0.15, 0.2) is 0 Å². The molecule has 144 valence electrons. The summed E-state index contributed by atoms with van der Waals surface area (Å²) in [4.78, 5) is 0. The third-order valence-corrected chi connectivity index (χ3v) is 3.42. The van der Waals surface area contributed by atoms with Gasteiger partial charge in [-0.05, 0) is 17.5 Å². The number of halogens is 10. The van der Waals surface area contributed by atoms with Crippen molar-refractivity contribution >= 4 is 0 Å². The van der Waals surface area contributed by atoms with Crippen LogP contribution in [0.2, 0.25) is 0 Å². The monoisotopic (exact) mass is 386 g/mol. The normalized spacial score (nSPS) is 15.6. The van der Waals surface area contributed by atoms with Crippen molar-refractivity contribution in [1.29, 1.82) is 0 Å². The van der Waals surface area contributed by atoms with Gasteiger partial charge in [-0.3, -0.25) is 0 Å². The second-order valence-corrected chi connectivity index (χ2v) is 5.64. The second-order valence-electron chi connectivity index (χ2n) is 5.64. The summed E-state index contributed by atoms with van der Waals surface area (Å²) in [5.74, 6) is -12.3. The molecule has 0 bridgehead atoms. The van der Waals surface area contributed by atoms with E-state index in [1.165, 1.54) is 13.8 Å². The predicted molar refractivity (Wildman–Crippen MR) is 66.1 cm³/mol. The van der Waals surface area contributed by atoms with Gasteiger partial charge in [-0.2, -0.15) is 43.9 Å². The van der Waals surface area contributed by atoms with Crippen molar-refractivity contribution in [3.63, 3.8) is 0 Å². The highest BCUT2D eigenvalue weighted by Gasteiger charge is 2.62. The van der Waals surface area contributed by atoms with Gasteiger partial charge in [0, 0.05) is 11.1 Å². The maximum atomic E-state index is 13.6. The van der Waals surface area contributed by atoms with Gasteiger partial charge < -0.3 is 5.11 Å². The zero-order valence-electron chi connectivity index (χ0n) is 12.6. The standard InChI is InChI=1S/C14H12F10O/c1-6(2)10(25)8-4-3-7(11(15,16)13(19,20)21)5-9(8)12(17,18)14(22,23)24/h3-6,10,25H,1-2H3. The Hall–Kier alpha value is -1.52. The molecular formula is C14H12F10O. The van der Waals surface area contributed by atoms with E-state index in [2.05, 4.69) is 0 Å². The van der Waals surface area contributed by atoms with Crippen LogP contribution in [0.25, 0.3) is 0 Å². The SMILES string of the molecule is CC(C)C(O)c1ccc(C(F)(F)C(F)(F)F)cc1C(F)(F)C(F)(F)F. The van der Waals surface area contributed by atoms with E-state index in [4.69, 9.17) is 0 Å². The Morgan fingerprint density at radius 2 is 1.20 bits per heavy atom. The number of hydrogen-bond donors (Lipinski definition) is 1. The Bertz CT molecular complexity index is 615. The predicted octanol–water partition coefficient (Wildman–Crippen LogP) is 5.68. The fraction of sp³-hybridized carbons (Fsp3) is 0.571. The van der Waals surface area contributed by atoms with Crippen molar-refractivity contribution < 1.29 is 49.0 Å². The lowest BCUT2D eigenvalue weighted by atomic mass is 9.89. The van der Waals surface area contributed by atoms with Gasteiger partial charge >= 0.3 is 24.2 Å². The minimum Gasteiger partial charge on any atom is -0.388 e. The Kier molecular flexibility index (Phi) is 5.45. The number of rotatable bonds is 4. The minimum absolute atomic E-state index is 0.0599. The molecule has 1 aromatic carbocycles. The van der Waals surface area contributed by atoms with Crippen LogP contribution in [0.15, 0.2) is 18.2 Å². The van der Waals surface area contributed by atoms with Gasteiger partial charge in [-0.25, -0.2) is 0 Å². The van der Waals surface area contributed by atoms with Crippen molar-refractivity contribution in [2.45, 2.75) is 44.1 Å². The zero-order valence-corrected chi connectivity index (χ0v) is 12.6. The molecule has 1 rings (SSSR count). The van der Waals surface area contributed by atoms with E-state index in [1.807, 2.05) is 0 Å². The fourth-order valence-corrected chi connectivity index (χ4v) is 1.96. The Balaban J connectivity index is 3.72. The molecule has 0 radical (unpaired) electrons. The topological polar surface area (TPSA) is 20.2 Å². The van der Waals surface area contributed by atoms with Crippen molar-refractivity contribution in [2.24, 2.45) is 5.92 Å². The van der Waals surface area contributed by atoms with Gasteiger partial charge in [-0.15, -0.1) is 0 Å². The van der Waals surface area contributed by atoms with E-state index in [9.17, 15) is 49.0 Å². The number of aliphatic hydroxyl groups excluding tert-OH is 1. The number of benzene rings is 1. The van der Waals surface area contributed by atoms with Crippen LogP contribution in [-0.4, -0.2) is 17.5 Å². The van der Waals surface area contributed by atoms with Crippen LogP contribution in [0.3, 0.4) is 0 Å². The fourth-order valence-electron chi connectivity index (χ4n) is 1.96. The molecule has 0 aliphatic heterocycles. The van der Waals surface area contributed by atoms with E-state index < -0.39 is 59.0 Å². The minimum atomic E-state index is -6.26. The van der Waals surface area contributed by atoms with Crippen molar-refractivity contribution in [1.82, 2.24) is 0 Å². The van der Waals surface area contributed by atoms with E-state index in [0.717, 1.165) is 0 Å². The maximum absolute atomic E-state index is 13.6.